The Morgan fingerprint density at radius 3 is 2.93 bits per heavy atom. The molecule has 0 atom stereocenters. The van der Waals surface area contributed by atoms with Gasteiger partial charge in [0.05, 0.1) is 23.4 Å². The number of benzene rings is 1. The van der Waals surface area contributed by atoms with E-state index in [1.807, 2.05) is 46.1 Å². The predicted molar refractivity (Wildman–Crippen MR) is 99.7 cm³/mol. The fourth-order valence-corrected chi connectivity index (χ4v) is 3.56. The van der Waals surface area contributed by atoms with E-state index in [0.717, 1.165) is 16.6 Å². The molecule has 0 unspecified atom stereocenters. The molecule has 5 rings (SSSR count). The molecule has 1 N–H and O–H groups in total. The minimum Gasteiger partial charge on any atom is -0.336 e. The van der Waals surface area contributed by atoms with Gasteiger partial charge in [0.25, 0.3) is 5.91 Å². The van der Waals surface area contributed by atoms with Crippen molar-refractivity contribution in [2.24, 2.45) is 0 Å². The second kappa shape index (κ2) is 6.08. The molecule has 2 aliphatic rings. The molecule has 0 spiro atoms. The first-order valence-electron chi connectivity index (χ1n) is 8.92. The highest BCUT2D eigenvalue weighted by Gasteiger charge is 2.33. The number of aromatic nitrogens is 3. The normalized spacial score (nSPS) is 17.3. The first-order valence-corrected chi connectivity index (χ1v) is 8.92. The fourth-order valence-electron chi connectivity index (χ4n) is 3.56. The number of hydrogen-bond donors (Lipinski definition) is 1. The lowest BCUT2D eigenvalue weighted by molar-refractivity contribution is 0.0502. The molecule has 2 aliphatic heterocycles. The molecule has 0 radical (unpaired) electrons. The summed E-state index contributed by atoms with van der Waals surface area (Å²) in [5.74, 6) is 0.0169. The maximum atomic E-state index is 12.7. The van der Waals surface area contributed by atoms with Gasteiger partial charge in [-0.1, -0.05) is 6.07 Å². The Morgan fingerprint density at radius 1 is 1.22 bits per heavy atom. The number of likely N-dealkylation sites (tertiary alicyclic amines) is 1. The van der Waals surface area contributed by atoms with Gasteiger partial charge >= 0.3 is 6.03 Å². The largest absolute Gasteiger partial charge is 0.336 e. The lowest BCUT2D eigenvalue weighted by Gasteiger charge is -2.39. The van der Waals surface area contributed by atoms with Gasteiger partial charge in [0, 0.05) is 49.5 Å². The van der Waals surface area contributed by atoms with Crippen molar-refractivity contribution >= 4 is 28.5 Å². The van der Waals surface area contributed by atoms with Crippen LogP contribution in [0.2, 0.25) is 0 Å². The third kappa shape index (κ3) is 2.69. The van der Waals surface area contributed by atoms with Gasteiger partial charge in [-0.15, -0.1) is 0 Å². The van der Waals surface area contributed by atoms with Crippen LogP contribution in [0, 0.1) is 0 Å². The third-order valence-corrected chi connectivity index (χ3v) is 5.13. The van der Waals surface area contributed by atoms with Crippen molar-refractivity contribution in [1.29, 1.82) is 0 Å². The molecule has 8 nitrogen and oxygen atoms in total. The van der Waals surface area contributed by atoms with Crippen LogP contribution in [0.15, 0.2) is 48.9 Å². The molecule has 1 aromatic carbocycles. The number of nitrogens with zero attached hydrogens (tertiary/aromatic N) is 5. The summed E-state index contributed by atoms with van der Waals surface area (Å²) >= 11 is 0. The van der Waals surface area contributed by atoms with Crippen LogP contribution in [-0.2, 0) is 0 Å². The summed E-state index contributed by atoms with van der Waals surface area (Å²) in [6.07, 6.45) is 5.32. The van der Waals surface area contributed by atoms with E-state index < -0.39 is 0 Å². The first-order chi connectivity index (χ1) is 13.2. The molecule has 136 valence electrons. The topological polar surface area (TPSA) is 83.4 Å². The lowest BCUT2D eigenvalue weighted by Crippen LogP contribution is -2.50. The zero-order valence-electron chi connectivity index (χ0n) is 14.6. The Balaban J connectivity index is 1.26. The Hall–Kier alpha value is -3.42. The van der Waals surface area contributed by atoms with Gasteiger partial charge in [-0.25, -0.2) is 4.79 Å². The summed E-state index contributed by atoms with van der Waals surface area (Å²) in [6.45, 7) is 2.52. The lowest BCUT2D eigenvalue weighted by atomic mass is 10.1. The van der Waals surface area contributed by atoms with E-state index in [1.165, 1.54) is 0 Å². The van der Waals surface area contributed by atoms with Gasteiger partial charge in [-0.05, 0) is 24.3 Å². The maximum absolute atomic E-state index is 12.7. The number of nitrogens with one attached hydrogen (secondary N) is 1. The summed E-state index contributed by atoms with van der Waals surface area (Å²) in [4.78, 5) is 32.2. The molecule has 2 aromatic heterocycles. The highest BCUT2D eigenvalue weighted by atomic mass is 16.2. The fraction of sp³-hybridized carbons (Fsp3) is 0.263. The molecular weight excluding hydrogens is 344 g/mol. The molecule has 27 heavy (non-hydrogen) atoms. The number of rotatable bonds is 3. The number of pyridine rings is 1. The molecule has 0 saturated carbocycles. The van der Waals surface area contributed by atoms with Gasteiger partial charge < -0.3 is 10.2 Å². The van der Waals surface area contributed by atoms with Gasteiger partial charge in [0.15, 0.2) is 0 Å². The van der Waals surface area contributed by atoms with Crippen LogP contribution in [0.25, 0.3) is 10.9 Å². The van der Waals surface area contributed by atoms with Crippen LogP contribution in [0.1, 0.15) is 16.4 Å². The summed E-state index contributed by atoms with van der Waals surface area (Å²) in [5, 5.41) is 8.11. The molecule has 2 fully saturated rings. The van der Waals surface area contributed by atoms with Gasteiger partial charge in [-0.2, -0.15) is 5.10 Å². The van der Waals surface area contributed by atoms with Crippen LogP contribution in [0.5, 0.6) is 0 Å². The minimum absolute atomic E-state index is 0.0169. The van der Waals surface area contributed by atoms with E-state index >= 15 is 0 Å². The molecule has 3 aromatic rings. The van der Waals surface area contributed by atoms with Crippen LogP contribution < -0.4 is 10.2 Å². The molecule has 0 aliphatic carbocycles. The van der Waals surface area contributed by atoms with Crippen molar-refractivity contribution in [3.8, 4) is 0 Å². The molecule has 8 heteroatoms. The SMILES string of the molecule is O=C(c1ccc2ncccc2c1)N1CC(n2cc(N3CCNC3=O)cn2)C1. The van der Waals surface area contributed by atoms with E-state index in [0.29, 0.717) is 31.7 Å². The average Bonchev–Trinajstić information content (AvgIpc) is 3.29. The zero-order valence-corrected chi connectivity index (χ0v) is 14.6. The smallest absolute Gasteiger partial charge is 0.322 e. The number of anilines is 1. The number of hydrogen-bond acceptors (Lipinski definition) is 4. The van der Waals surface area contributed by atoms with Gasteiger partial charge in [0.1, 0.15) is 0 Å². The molecule has 2 saturated heterocycles. The third-order valence-electron chi connectivity index (χ3n) is 5.13. The Morgan fingerprint density at radius 2 is 2.11 bits per heavy atom. The van der Waals surface area contributed by atoms with Crippen molar-refractivity contribution in [2.45, 2.75) is 6.04 Å². The zero-order chi connectivity index (χ0) is 18.4. The molecule has 0 bridgehead atoms. The summed E-state index contributed by atoms with van der Waals surface area (Å²) in [6, 6.07) is 9.45. The number of fused-ring (bicyclic) bond motifs is 1. The number of urea groups is 1. The summed E-state index contributed by atoms with van der Waals surface area (Å²) in [5.41, 5.74) is 2.34. The standard InChI is InChI=1S/C19H18N6O2/c26-18(14-3-4-17-13(8-14)2-1-5-20-17)23-10-16(11-23)25-12-15(9-22-25)24-7-6-21-19(24)27/h1-5,8-9,12,16H,6-7,10-11H2,(H,21,27). The van der Waals surface area contributed by atoms with Crippen molar-refractivity contribution in [3.63, 3.8) is 0 Å². The van der Waals surface area contributed by atoms with Crippen molar-refractivity contribution in [3.05, 3.63) is 54.5 Å². The van der Waals surface area contributed by atoms with Crippen molar-refractivity contribution in [2.75, 3.05) is 31.1 Å². The van der Waals surface area contributed by atoms with E-state index in [4.69, 9.17) is 0 Å². The van der Waals surface area contributed by atoms with Crippen LogP contribution in [0.4, 0.5) is 10.5 Å². The van der Waals surface area contributed by atoms with E-state index in [9.17, 15) is 9.59 Å². The Labute approximate surface area is 155 Å². The second-order valence-corrected chi connectivity index (χ2v) is 6.84. The predicted octanol–water partition coefficient (Wildman–Crippen LogP) is 1.66. The quantitative estimate of drug-likeness (QED) is 0.768. The summed E-state index contributed by atoms with van der Waals surface area (Å²) < 4.78 is 1.84. The molecular formula is C19H18N6O2. The Kier molecular flexibility index (Phi) is 3.56. The van der Waals surface area contributed by atoms with Crippen molar-refractivity contribution < 1.29 is 9.59 Å². The van der Waals surface area contributed by atoms with Crippen LogP contribution in [-0.4, -0.2) is 57.8 Å². The molecule has 4 heterocycles. The summed E-state index contributed by atoms with van der Waals surface area (Å²) in [7, 11) is 0. The number of carbonyl (C=O) groups excluding carboxylic acids is 2. The number of carbonyl (C=O) groups is 2. The monoisotopic (exact) mass is 362 g/mol. The average molecular weight is 362 g/mol. The van der Waals surface area contributed by atoms with Crippen LogP contribution in [0.3, 0.4) is 0 Å². The first kappa shape index (κ1) is 15.8. The van der Waals surface area contributed by atoms with E-state index in [-0.39, 0.29) is 18.0 Å². The maximum Gasteiger partial charge on any atom is 0.322 e. The van der Waals surface area contributed by atoms with Crippen LogP contribution >= 0.6 is 0 Å². The van der Waals surface area contributed by atoms with E-state index in [1.54, 1.807) is 17.3 Å². The van der Waals surface area contributed by atoms with E-state index in [2.05, 4.69) is 15.4 Å². The van der Waals surface area contributed by atoms with Crippen molar-refractivity contribution in [1.82, 2.24) is 25.0 Å². The highest BCUT2D eigenvalue weighted by Crippen LogP contribution is 2.26. The minimum atomic E-state index is -0.0919. The number of amides is 3. The Bertz CT molecular complexity index is 1040. The molecule has 3 amide bonds. The van der Waals surface area contributed by atoms with Gasteiger partial charge in [0.2, 0.25) is 0 Å². The highest BCUT2D eigenvalue weighted by molar-refractivity contribution is 5.98. The van der Waals surface area contributed by atoms with Gasteiger partial charge in [-0.3, -0.25) is 19.4 Å². The second-order valence-electron chi connectivity index (χ2n) is 6.84.